The number of amides is 3. The van der Waals surface area contributed by atoms with Crippen LogP contribution in [0.15, 0.2) is 0 Å². The van der Waals surface area contributed by atoms with Crippen molar-refractivity contribution in [3.63, 3.8) is 0 Å². The Morgan fingerprint density at radius 3 is 2.43 bits per heavy atom. The molecule has 1 spiro atoms. The van der Waals surface area contributed by atoms with Gasteiger partial charge in [-0.3, -0.25) is 19.3 Å². The van der Waals surface area contributed by atoms with E-state index in [1.807, 2.05) is 4.90 Å². The highest BCUT2D eigenvalue weighted by molar-refractivity contribution is 6.02. The monoisotopic (exact) mass is 296 g/mol. The molecule has 3 fully saturated rings. The molecular weight excluding hydrogens is 276 g/mol. The molecule has 0 aliphatic carbocycles. The molecule has 7 heteroatoms. The number of ether oxygens (including phenoxy) is 2. The van der Waals surface area contributed by atoms with Gasteiger partial charge in [-0.15, -0.1) is 0 Å². The minimum Gasteiger partial charge on any atom is -0.379 e. The second kappa shape index (κ2) is 5.73. The van der Waals surface area contributed by atoms with Gasteiger partial charge in [-0.1, -0.05) is 0 Å². The van der Waals surface area contributed by atoms with Gasteiger partial charge in [-0.2, -0.15) is 0 Å². The molecule has 3 amide bonds. The van der Waals surface area contributed by atoms with Crippen molar-refractivity contribution in [2.45, 2.75) is 31.2 Å². The molecule has 0 aromatic carbocycles. The Balaban J connectivity index is 1.61. The smallest absolute Gasteiger partial charge is 0.229 e. The Morgan fingerprint density at radius 2 is 1.76 bits per heavy atom. The highest BCUT2D eigenvalue weighted by Gasteiger charge is 2.45. The molecule has 0 aromatic rings. The SMILES string of the molecule is O=C1CCC(=O)N1CCC(=O)N1CCOCC12CCOC2. The van der Waals surface area contributed by atoms with Gasteiger partial charge in [0.25, 0.3) is 0 Å². The molecule has 116 valence electrons. The Hall–Kier alpha value is -1.47. The summed E-state index contributed by atoms with van der Waals surface area (Å²) in [6.45, 7) is 2.89. The van der Waals surface area contributed by atoms with Gasteiger partial charge in [0.2, 0.25) is 17.7 Å². The predicted octanol–water partition coefficient (Wildman–Crippen LogP) is -0.457. The number of hydrogen-bond acceptors (Lipinski definition) is 5. The summed E-state index contributed by atoms with van der Waals surface area (Å²) in [6, 6.07) is 0. The average molecular weight is 296 g/mol. The van der Waals surface area contributed by atoms with Crippen molar-refractivity contribution in [2.24, 2.45) is 0 Å². The lowest BCUT2D eigenvalue weighted by Crippen LogP contribution is -2.60. The van der Waals surface area contributed by atoms with Crippen LogP contribution in [0.3, 0.4) is 0 Å². The molecule has 0 N–H and O–H groups in total. The fourth-order valence-electron chi connectivity index (χ4n) is 3.26. The van der Waals surface area contributed by atoms with Gasteiger partial charge < -0.3 is 14.4 Å². The molecule has 0 saturated carbocycles. The zero-order chi connectivity index (χ0) is 14.9. The van der Waals surface area contributed by atoms with Crippen molar-refractivity contribution in [1.82, 2.24) is 9.80 Å². The minimum absolute atomic E-state index is 0.0312. The van der Waals surface area contributed by atoms with Crippen LogP contribution in [-0.4, -0.2) is 72.6 Å². The molecule has 1 atom stereocenters. The summed E-state index contributed by atoms with van der Waals surface area (Å²) in [5.74, 6) is -0.376. The highest BCUT2D eigenvalue weighted by Crippen LogP contribution is 2.30. The summed E-state index contributed by atoms with van der Waals surface area (Å²) in [5, 5.41) is 0. The van der Waals surface area contributed by atoms with Gasteiger partial charge >= 0.3 is 0 Å². The third-order valence-corrected chi connectivity index (χ3v) is 4.49. The molecule has 7 nitrogen and oxygen atoms in total. The maximum absolute atomic E-state index is 12.5. The maximum atomic E-state index is 12.5. The number of carbonyl (C=O) groups excluding carboxylic acids is 3. The van der Waals surface area contributed by atoms with E-state index in [9.17, 15) is 14.4 Å². The normalized spacial score (nSPS) is 29.7. The summed E-state index contributed by atoms with van der Waals surface area (Å²) in [4.78, 5) is 38.7. The van der Waals surface area contributed by atoms with E-state index >= 15 is 0 Å². The summed E-state index contributed by atoms with van der Waals surface area (Å²) >= 11 is 0. The fourth-order valence-corrected chi connectivity index (χ4v) is 3.26. The first kappa shape index (κ1) is 14.5. The van der Waals surface area contributed by atoms with Gasteiger partial charge in [0.05, 0.1) is 25.4 Å². The Morgan fingerprint density at radius 1 is 1.10 bits per heavy atom. The Labute approximate surface area is 123 Å². The summed E-state index contributed by atoms with van der Waals surface area (Å²) in [7, 11) is 0. The summed E-state index contributed by atoms with van der Waals surface area (Å²) in [6.07, 6.45) is 1.49. The first-order valence-corrected chi connectivity index (χ1v) is 7.42. The quantitative estimate of drug-likeness (QED) is 0.659. The van der Waals surface area contributed by atoms with Crippen molar-refractivity contribution in [2.75, 3.05) is 39.5 Å². The predicted molar refractivity (Wildman–Crippen MR) is 71.3 cm³/mol. The molecule has 3 heterocycles. The number of carbonyl (C=O) groups is 3. The van der Waals surface area contributed by atoms with Gasteiger partial charge in [-0.05, 0) is 6.42 Å². The number of hydrogen-bond donors (Lipinski definition) is 0. The Kier molecular flexibility index (Phi) is 3.95. The van der Waals surface area contributed by atoms with E-state index in [4.69, 9.17) is 9.47 Å². The molecule has 3 rings (SSSR count). The van der Waals surface area contributed by atoms with Crippen LogP contribution in [0.5, 0.6) is 0 Å². The number of imide groups is 1. The zero-order valence-electron chi connectivity index (χ0n) is 12.0. The molecule has 3 aliphatic heterocycles. The third kappa shape index (κ3) is 2.67. The van der Waals surface area contributed by atoms with E-state index in [0.29, 0.717) is 33.0 Å². The second-order valence-corrected chi connectivity index (χ2v) is 5.81. The largest absolute Gasteiger partial charge is 0.379 e. The van der Waals surface area contributed by atoms with Crippen LogP contribution in [-0.2, 0) is 23.9 Å². The number of nitrogens with zero attached hydrogens (tertiary/aromatic N) is 2. The van der Waals surface area contributed by atoms with Crippen molar-refractivity contribution in [3.8, 4) is 0 Å². The lowest BCUT2D eigenvalue weighted by Gasteiger charge is -2.43. The van der Waals surface area contributed by atoms with Crippen LogP contribution >= 0.6 is 0 Å². The van der Waals surface area contributed by atoms with Crippen molar-refractivity contribution in [1.29, 1.82) is 0 Å². The topological polar surface area (TPSA) is 76.2 Å². The van der Waals surface area contributed by atoms with E-state index in [1.165, 1.54) is 4.90 Å². The first-order chi connectivity index (χ1) is 10.1. The summed E-state index contributed by atoms with van der Waals surface area (Å²) < 4.78 is 10.9. The molecule has 0 radical (unpaired) electrons. The number of morpholine rings is 1. The van der Waals surface area contributed by atoms with E-state index in [-0.39, 0.29) is 49.1 Å². The maximum Gasteiger partial charge on any atom is 0.229 e. The average Bonchev–Trinajstić information content (AvgIpc) is 3.06. The number of likely N-dealkylation sites (tertiary alicyclic amines) is 1. The molecule has 0 aromatic heterocycles. The molecule has 3 saturated heterocycles. The Bertz CT molecular complexity index is 442. The molecular formula is C14H20N2O5. The van der Waals surface area contributed by atoms with E-state index in [0.717, 1.165) is 6.42 Å². The standard InChI is InChI=1S/C14H20N2O5/c17-11-1-2-12(18)15(11)5-3-13(19)16-6-8-21-10-14(16)4-7-20-9-14/h1-10H2. The molecule has 3 aliphatic rings. The van der Waals surface area contributed by atoms with Gasteiger partial charge in [0.1, 0.15) is 0 Å². The van der Waals surface area contributed by atoms with Crippen molar-refractivity contribution < 1.29 is 23.9 Å². The fraction of sp³-hybridized carbons (Fsp3) is 0.786. The first-order valence-electron chi connectivity index (χ1n) is 7.42. The van der Waals surface area contributed by atoms with Crippen LogP contribution in [0.1, 0.15) is 25.7 Å². The molecule has 21 heavy (non-hydrogen) atoms. The van der Waals surface area contributed by atoms with Crippen LogP contribution in [0, 0.1) is 0 Å². The van der Waals surface area contributed by atoms with E-state index < -0.39 is 0 Å². The van der Waals surface area contributed by atoms with Crippen molar-refractivity contribution >= 4 is 17.7 Å². The molecule has 0 bridgehead atoms. The molecule has 1 unspecified atom stereocenters. The number of rotatable bonds is 3. The van der Waals surface area contributed by atoms with Gasteiger partial charge in [-0.25, -0.2) is 0 Å². The minimum atomic E-state index is -0.353. The lowest BCUT2D eigenvalue weighted by molar-refractivity contribution is -0.150. The van der Waals surface area contributed by atoms with Crippen LogP contribution in [0.4, 0.5) is 0 Å². The summed E-state index contributed by atoms with van der Waals surface area (Å²) in [5.41, 5.74) is -0.353. The zero-order valence-corrected chi connectivity index (χ0v) is 12.0. The van der Waals surface area contributed by atoms with Crippen LogP contribution in [0.25, 0.3) is 0 Å². The van der Waals surface area contributed by atoms with Crippen LogP contribution in [0.2, 0.25) is 0 Å². The van der Waals surface area contributed by atoms with E-state index in [1.54, 1.807) is 0 Å². The van der Waals surface area contributed by atoms with Gasteiger partial charge in [0.15, 0.2) is 0 Å². The van der Waals surface area contributed by atoms with Gasteiger partial charge in [0, 0.05) is 39.0 Å². The second-order valence-electron chi connectivity index (χ2n) is 5.81. The van der Waals surface area contributed by atoms with E-state index in [2.05, 4.69) is 0 Å². The lowest BCUT2D eigenvalue weighted by atomic mass is 9.95. The third-order valence-electron chi connectivity index (χ3n) is 4.49. The highest BCUT2D eigenvalue weighted by atomic mass is 16.5. The van der Waals surface area contributed by atoms with Crippen molar-refractivity contribution in [3.05, 3.63) is 0 Å². The van der Waals surface area contributed by atoms with Crippen LogP contribution < -0.4 is 0 Å².